The molecule has 3 aromatic carbocycles. The van der Waals surface area contributed by atoms with Crippen molar-refractivity contribution in [3.8, 4) is 0 Å². The molecule has 3 heterocycles. The van der Waals surface area contributed by atoms with E-state index >= 15 is 0 Å². The molecule has 7 heteroatoms. The standard InChI is InChI=1S/C24H22N6O/c1-2-6-20-17(4-1)5-3-7-21(20)23-16-22(25-24-26-27-28-30(23)24)18-8-10-19(11-9-18)29-12-14-31-15-13-29/h1-11,16,23H,12-15H2,(H,25,26,28). The molecule has 0 radical (unpaired) electrons. The molecule has 1 atom stereocenters. The summed E-state index contributed by atoms with van der Waals surface area (Å²) in [6.45, 7) is 3.42. The van der Waals surface area contributed by atoms with Crippen LogP contribution >= 0.6 is 0 Å². The molecule has 6 rings (SSSR count). The molecular formula is C24H22N6O. The van der Waals surface area contributed by atoms with E-state index in [0.717, 1.165) is 37.6 Å². The molecule has 1 fully saturated rings. The van der Waals surface area contributed by atoms with E-state index in [0.29, 0.717) is 5.95 Å². The van der Waals surface area contributed by atoms with Crippen LogP contribution in [0.2, 0.25) is 0 Å². The number of rotatable bonds is 3. The van der Waals surface area contributed by atoms with Crippen LogP contribution in [0.3, 0.4) is 0 Å². The number of anilines is 2. The van der Waals surface area contributed by atoms with E-state index in [2.05, 4.69) is 98.5 Å². The normalized spacial score (nSPS) is 18.4. The summed E-state index contributed by atoms with van der Waals surface area (Å²) in [7, 11) is 0. The number of hydrogen-bond acceptors (Lipinski definition) is 6. The molecule has 2 aliphatic rings. The van der Waals surface area contributed by atoms with Gasteiger partial charge in [-0.15, -0.1) is 0 Å². The Morgan fingerprint density at radius 3 is 2.58 bits per heavy atom. The monoisotopic (exact) mass is 410 g/mol. The number of nitrogens with one attached hydrogen (secondary N) is 1. The van der Waals surface area contributed by atoms with Gasteiger partial charge in [-0.1, -0.05) is 59.7 Å². The number of fused-ring (bicyclic) bond motifs is 2. The summed E-state index contributed by atoms with van der Waals surface area (Å²) in [5.74, 6) is 0.646. The lowest BCUT2D eigenvalue weighted by Crippen LogP contribution is -2.36. The fraction of sp³-hybridized carbons (Fsp3) is 0.208. The maximum Gasteiger partial charge on any atom is 0.248 e. The van der Waals surface area contributed by atoms with Gasteiger partial charge in [-0.05, 0) is 50.5 Å². The van der Waals surface area contributed by atoms with Crippen LogP contribution in [0.25, 0.3) is 16.5 Å². The first kappa shape index (κ1) is 18.1. The smallest absolute Gasteiger partial charge is 0.248 e. The van der Waals surface area contributed by atoms with Gasteiger partial charge in [0.1, 0.15) is 6.04 Å². The molecule has 0 spiro atoms. The minimum absolute atomic E-state index is 0.0914. The van der Waals surface area contributed by atoms with Crippen LogP contribution in [0.5, 0.6) is 0 Å². The lowest BCUT2D eigenvalue weighted by Gasteiger charge is -2.29. The second kappa shape index (κ2) is 7.52. The number of morpholine rings is 1. The number of allylic oxidation sites excluding steroid dienone is 1. The highest BCUT2D eigenvalue weighted by atomic mass is 16.5. The Morgan fingerprint density at radius 2 is 1.71 bits per heavy atom. The van der Waals surface area contributed by atoms with E-state index in [9.17, 15) is 0 Å². The number of ether oxygens (including phenoxy) is 1. The molecule has 154 valence electrons. The lowest BCUT2D eigenvalue weighted by molar-refractivity contribution is 0.122. The molecule has 1 unspecified atom stereocenters. The highest BCUT2D eigenvalue weighted by Gasteiger charge is 2.25. The first-order valence-electron chi connectivity index (χ1n) is 10.5. The SMILES string of the molecule is C1=C(c2ccc(N3CCOCC3)cc2)Nc2nnnn2C1c1cccc2ccccc12. The van der Waals surface area contributed by atoms with Crippen LogP contribution in [0.15, 0.2) is 72.8 Å². The molecule has 1 saturated heterocycles. The number of aromatic nitrogens is 4. The van der Waals surface area contributed by atoms with Crippen LogP contribution in [-0.2, 0) is 4.74 Å². The van der Waals surface area contributed by atoms with Gasteiger partial charge in [0, 0.05) is 24.5 Å². The largest absolute Gasteiger partial charge is 0.378 e. The quantitative estimate of drug-likeness (QED) is 0.555. The van der Waals surface area contributed by atoms with Crippen LogP contribution in [0.4, 0.5) is 11.6 Å². The van der Waals surface area contributed by atoms with E-state index in [1.165, 1.54) is 22.0 Å². The van der Waals surface area contributed by atoms with Gasteiger partial charge in [-0.25, -0.2) is 0 Å². The fourth-order valence-electron chi connectivity index (χ4n) is 4.43. The molecule has 31 heavy (non-hydrogen) atoms. The van der Waals surface area contributed by atoms with Crippen molar-refractivity contribution >= 4 is 28.1 Å². The Bertz CT molecular complexity index is 1250. The number of benzene rings is 3. The van der Waals surface area contributed by atoms with Gasteiger partial charge < -0.3 is 15.0 Å². The Hall–Kier alpha value is -3.71. The van der Waals surface area contributed by atoms with Crippen LogP contribution in [-0.4, -0.2) is 46.5 Å². The predicted octanol–water partition coefficient (Wildman–Crippen LogP) is 3.72. The predicted molar refractivity (Wildman–Crippen MR) is 121 cm³/mol. The molecule has 0 aliphatic carbocycles. The van der Waals surface area contributed by atoms with Crippen molar-refractivity contribution in [3.63, 3.8) is 0 Å². The van der Waals surface area contributed by atoms with Crippen molar-refractivity contribution < 1.29 is 4.74 Å². The van der Waals surface area contributed by atoms with Gasteiger partial charge in [0.05, 0.1) is 13.2 Å². The first-order valence-corrected chi connectivity index (χ1v) is 10.5. The average Bonchev–Trinajstić information content (AvgIpc) is 3.33. The summed E-state index contributed by atoms with van der Waals surface area (Å²) in [6, 6.07) is 23.4. The Balaban J connectivity index is 1.39. The Kier molecular flexibility index (Phi) is 4.39. The molecule has 1 N–H and O–H groups in total. The van der Waals surface area contributed by atoms with Crippen molar-refractivity contribution in [3.05, 3.63) is 83.9 Å². The number of tetrazole rings is 1. The van der Waals surface area contributed by atoms with E-state index in [1.807, 2.05) is 4.68 Å². The number of hydrogen-bond donors (Lipinski definition) is 1. The third-order valence-corrected chi connectivity index (χ3v) is 6.02. The summed E-state index contributed by atoms with van der Waals surface area (Å²) in [5, 5.41) is 18.2. The summed E-state index contributed by atoms with van der Waals surface area (Å²) < 4.78 is 7.31. The molecule has 1 aromatic heterocycles. The molecule has 0 amide bonds. The van der Waals surface area contributed by atoms with Crippen molar-refractivity contribution in [2.75, 3.05) is 36.5 Å². The Labute approximate surface area is 179 Å². The third-order valence-electron chi connectivity index (χ3n) is 6.02. The van der Waals surface area contributed by atoms with Crippen molar-refractivity contribution in [2.45, 2.75) is 6.04 Å². The van der Waals surface area contributed by atoms with Crippen LogP contribution < -0.4 is 10.2 Å². The summed E-state index contributed by atoms with van der Waals surface area (Å²) in [6.07, 6.45) is 2.20. The number of nitrogens with zero attached hydrogens (tertiary/aromatic N) is 5. The highest BCUT2D eigenvalue weighted by Crippen LogP contribution is 2.35. The molecule has 0 saturated carbocycles. The minimum atomic E-state index is -0.0914. The summed E-state index contributed by atoms with van der Waals surface area (Å²) in [5.41, 5.74) is 4.51. The van der Waals surface area contributed by atoms with Gasteiger partial charge in [-0.3, -0.25) is 0 Å². The van der Waals surface area contributed by atoms with Gasteiger partial charge >= 0.3 is 0 Å². The molecule has 7 nitrogen and oxygen atoms in total. The topological polar surface area (TPSA) is 68.1 Å². The maximum atomic E-state index is 5.47. The van der Waals surface area contributed by atoms with Gasteiger partial charge in [-0.2, -0.15) is 4.68 Å². The van der Waals surface area contributed by atoms with Crippen molar-refractivity contribution in [1.29, 1.82) is 0 Å². The third kappa shape index (κ3) is 3.23. The van der Waals surface area contributed by atoms with Crippen LogP contribution in [0, 0.1) is 0 Å². The van der Waals surface area contributed by atoms with Gasteiger partial charge in [0.25, 0.3) is 0 Å². The molecular weight excluding hydrogens is 388 g/mol. The highest BCUT2D eigenvalue weighted by molar-refractivity contribution is 5.87. The van der Waals surface area contributed by atoms with E-state index in [1.54, 1.807) is 0 Å². The average molecular weight is 410 g/mol. The summed E-state index contributed by atoms with van der Waals surface area (Å²) in [4.78, 5) is 2.36. The zero-order valence-corrected chi connectivity index (χ0v) is 17.0. The first-order chi connectivity index (χ1) is 15.4. The molecule has 2 aliphatic heterocycles. The Morgan fingerprint density at radius 1 is 0.903 bits per heavy atom. The second-order valence-corrected chi connectivity index (χ2v) is 7.81. The van der Waals surface area contributed by atoms with Crippen molar-refractivity contribution in [2.24, 2.45) is 0 Å². The van der Waals surface area contributed by atoms with Crippen molar-refractivity contribution in [1.82, 2.24) is 20.2 Å². The van der Waals surface area contributed by atoms with E-state index in [4.69, 9.17) is 4.74 Å². The zero-order valence-electron chi connectivity index (χ0n) is 17.0. The summed E-state index contributed by atoms with van der Waals surface area (Å²) >= 11 is 0. The lowest BCUT2D eigenvalue weighted by atomic mass is 9.96. The van der Waals surface area contributed by atoms with E-state index < -0.39 is 0 Å². The molecule has 0 bridgehead atoms. The van der Waals surface area contributed by atoms with Gasteiger partial charge in [0.15, 0.2) is 0 Å². The van der Waals surface area contributed by atoms with Gasteiger partial charge in [0.2, 0.25) is 5.95 Å². The zero-order chi connectivity index (χ0) is 20.6. The minimum Gasteiger partial charge on any atom is -0.378 e. The maximum absolute atomic E-state index is 5.47. The van der Waals surface area contributed by atoms with Crippen LogP contribution in [0.1, 0.15) is 17.2 Å². The van der Waals surface area contributed by atoms with E-state index in [-0.39, 0.29) is 6.04 Å². The second-order valence-electron chi connectivity index (χ2n) is 7.81. The fourth-order valence-corrected chi connectivity index (χ4v) is 4.43. The molecule has 4 aromatic rings.